The van der Waals surface area contributed by atoms with Crippen molar-refractivity contribution >= 4 is 81.0 Å². The Morgan fingerprint density at radius 1 is 1.06 bits per heavy atom. The second kappa shape index (κ2) is 11.1. The van der Waals surface area contributed by atoms with Crippen LogP contribution in [0.15, 0.2) is 70.6 Å². The lowest BCUT2D eigenvalue weighted by atomic mass is 10.2. The molecule has 2 N–H and O–H groups in total. The summed E-state index contributed by atoms with van der Waals surface area (Å²) in [6.45, 7) is -0.360. The van der Waals surface area contributed by atoms with Crippen molar-refractivity contribution in [2.75, 3.05) is 11.9 Å². The average Bonchev–Trinajstić information content (AvgIpc) is 3.15. The number of benzene rings is 3. The molecule has 0 atom stereocenters. The van der Waals surface area contributed by atoms with Gasteiger partial charge in [-0.25, -0.2) is 9.38 Å². The molecule has 35 heavy (non-hydrogen) atoms. The highest BCUT2D eigenvalue weighted by Gasteiger charge is 2.24. The van der Waals surface area contributed by atoms with Gasteiger partial charge >= 0.3 is 0 Å². The highest BCUT2D eigenvalue weighted by molar-refractivity contribution is 8.18. The quantitative estimate of drug-likeness (QED) is 0.335. The number of nitrogens with one attached hydrogen (secondary N) is 2. The fraction of sp³-hybridized carbons (Fsp3) is 0.0417. The number of amides is 2. The lowest BCUT2D eigenvalue weighted by Gasteiger charge is -2.10. The maximum absolute atomic E-state index is 13.7. The molecule has 1 aliphatic heterocycles. The minimum Gasteiger partial charge on any atom is -0.482 e. The first kappa shape index (κ1) is 25.1. The van der Waals surface area contributed by atoms with E-state index < -0.39 is 11.7 Å². The summed E-state index contributed by atoms with van der Waals surface area (Å²) in [6, 6.07) is 15.6. The van der Waals surface area contributed by atoms with Gasteiger partial charge in [-0.2, -0.15) is 0 Å². The number of para-hydroxylation sites is 1. The standard InChI is InChI=1S/C24H15Cl3FN3O3S/c25-15-7-6-14(11-16(15)26)29-24-31-23(33)21(35-24)10-13-5-8-20(17(27)9-13)34-12-22(32)30-19-4-2-1-3-18(19)28/h1-11H,12H2,(H,30,32)(H,29,31,33)/b21-10-. The summed E-state index contributed by atoms with van der Waals surface area (Å²) >= 11 is 19.4. The number of nitrogens with zero attached hydrogens (tertiary/aromatic N) is 1. The van der Waals surface area contributed by atoms with Gasteiger partial charge in [0.25, 0.3) is 11.8 Å². The maximum Gasteiger partial charge on any atom is 0.264 e. The molecule has 0 aromatic heterocycles. The topological polar surface area (TPSA) is 79.8 Å². The Kier molecular flexibility index (Phi) is 7.97. The van der Waals surface area contributed by atoms with Crippen LogP contribution in [-0.2, 0) is 9.59 Å². The molecule has 1 saturated heterocycles. The van der Waals surface area contributed by atoms with Crippen LogP contribution in [-0.4, -0.2) is 23.6 Å². The first-order chi connectivity index (χ1) is 16.8. The molecular weight excluding hydrogens is 536 g/mol. The van der Waals surface area contributed by atoms with E-state index in [1.165, 1.54) is 18.2 Å². The SMILES string of the molecule is O=C(COc1ccc(/C=C2\SC(=Nc3ccc(Cl)c(Cl)c3)NC2=O)cc1Cl)Nc1ccccc1F. The molecule has 0 radical (unpaired) electrons. The van der Waals surface area contributed by atoms with Crippen molar-refractivity contribution in [3.05, 3.63) is 92.0 Å². The maximum atomic E-state index is 13.7. The minimum atomic E-state index is -0.546. The molecule has 0 saturated carbocycles. The third-order valence-electron chi connectivity index (χ3n) is 4.55. The Morgan fingerprint density at radius 3 is 2.60 bits per heavy atom. The van der Waals surface area contributed by atoms with E-state index in [9.17, 15) is 14.0 Å². The third-order valence-corrected chi connectivity index (χ3v) is 6.49. The van der Waals surface area contributed by atoms with Crippen LogP contribution in [0.1, 0.15) is 5.56 Å². The summed E-state index contributed by atoms with van der Waals surface area (Å²) in [5.41, 5.74) is 1.25. The molecule has 178 valence electrons. The van der Waals surface area contributed by atoms with Crippen molar-refractivity contribution in [1.29, 1.82) is 0 Å². The van der Waals surface area contributed by atoms with E-state index in [1.54, 1.807) is 48.5 Å². The van der Waals surface area contributed by atoms with Crippen LogP contribution in [0.25, 0.3) is 6.08 Å². The summed E-state index contributed by atoms with van der Waals surface area (Å²) in [4.78, 5) is 29.2. The Bertz CT molecular complexity index is 1380. The Labute approximate surface area is 219 Å². The number of carbonyl (C=O) groups excluding carboxylic acids is 2. The molecule has 3 aromatic rings. The van der Waals surface area contributed by atoms with Gasteiger partial charge < -0.3 is 15.4 Å². The Morgan fingerprint density at radius 2 is 1.86 bits per heavy atom. The zero-order valence-corrected chi connectivity index (χ0v) is 20.7. The van der Waals surface area contributed by atoms with Gasteiger partial charge in [0.15, 0.2) is 11.8 Å². The minimum absolute atomic E-state index is 0.0589. The van der Waals surface area contributed by atoms with E-state index in [2.05, 4.69) is 15.6 Å². The van der Waals surface area contributed by atoms with Gasteiger partial charge in [-0.15, -0.1) is 0 Å². The summed E-state index contributed by atoms with van der Waals surface area (Å²) in [5, 5.41) is 6.53. The van der Waals surface area contributed by atoms with Crippen LogP contribution < -0.4 is 15.4 Å². The van der Waals surface area contributed by atoms with Crippen molar-refractivity contribution < 1.29 is 18.7 Å². The van der Waals surface area contributed by atoms with Gasteiger partial charge in [0.2, 0.25) is 0 Å². The zero-order chi connectivity index (χ0) is 24.9. The normalized spacial score (nSPS) is 15.4. The van der Waals surface area contributed by atoms with Crippen LogP contribution >= 0.6 is 46.6 Å². The zero-order valence-electron chi connectivity index (χ0n) is 17.7. The van der Waals surface area contributed by atoms with Gasteiger partial charge in [-0.3, -0.25) is 9.59 Å². The first-order valence-corrected chi connectivity index (χ1v) is 11.9. The number of amidine groups is 1. The van der Waals surface area contributed by atoms with E-state index in [0.29, 0.717) is 31.4 Å². The van der Waals surface area contributed by atoms with Gasteiger partial charge in [0.1, 0.15) is 11.6 Å². The summed E-state index contributed by atoms with van der Waals surface area (Å²) in [6.07, 6.45) is 1.65. The van der Waals surface area contributed by atoms with Crippen LogP contribution in [0.3, 0.4) is 0 Å². The van der Waals surface area contributed by atoms with E-state index in [-0.39, 0.29) is 29.0 Å². The van der Waals surface area contributed by atoms with Gasteiger partial charge in [-0.1, -0.05) is 53.0 Å². The largest absolute Gasteiger partial charge is 0.482 e. The molecule has 0 spiro atoms. The monoisotopic (exact) mass is 549 g/mol. The number of aliphatic imine (C=N–C) groups is 1. The first-order valence-electron chi connectivity index (χ1n) is 10.00. The van der Waals surface area contributed by atoms with Crippen LogP contribution in [0.2, 0.25) is 15.1 Å². The van der Waals surface area contributed by atoms with E-state index in [4.69, 9.17) is 39.5 Å². The fourth-order valence-electron chi connectivity index (χ4n) is 2.92. The Balaban J connectivity index is 1.39. The highest BCUT2D eigenvalue weighted by atomic mass is 35.5. The van der Waals surface area contributed by atoms with Gasteiger partial charge in [0, 0.05) is 0 Å². The molecule has 4 rings (SSSR count). The highest BCUT2D eigenvalue weighted by Crippen LogP contribution is 2.32. The second-order valence-corrected chi connectivity index (χ2v) is 9.34. The number of halogens is 4. The van der Waals surface area contributed by atoms with E-state index in [1.807, 2.05) is 0 Å². The molecule has 0 bridgehead atoms. The molecule has 1 aliphatic rings. The van der Waals surface area contributed by atoms with Crippen molar-refractivity contribution in [3.8, 4) is 5.75 Å². The summed E-state index contributed by atoms with van der Waals surface area (Å²) in [7, 11) is 0. The smallest absolute Gasteiger partial charge is 0.264 e. The van der Waals surface area contributed by atoms with Crippen molar-refractivity contribution in [1.82, 2.24) is 5.32 Å². The number of anilines is 1. The number of carbonyl (C=O) groups is 2. The molecule has 6 nitrogen and oxygen atoms in total. The fourth-order valence-corrected chi connectivity index (χ4v) is 4.30. The molecule has 1 fully saturated rings. The van der Waals surface area contributed by atoms with E-state index >= 15 is 0 Å². The average molecular weight is 551 g/mol. The number of thioether (sulfide) groups is 1. The number of rotatable bonds is 6. The summed E-state index contributed by atoms with van der Waals surface area (Å²) < 4.78 is 19.1. The lowest BCUT2D eigenvalue weighted by Crippen LogP contribution is -2.20. The third kappa shape index (κ3) is 6.55. The molecular formula is C24H15Cl3FN3O3S. The van der Waals surface area contributed by atoms with Gasteiger partial charge in [0.05, 0.1) is 31.3 Å². The number of ether oxygens (including phenoxy) is 1. The molecule has 3 aromatic carbocycles. The number of hydrogen-bond acceptors (Lipinski definition) is 5. The molecule has 2 amide bonds. The predicted molar refractivity (Wildman–Crippen MR) is 139 cm³/mol. The van der Waals surface area contributed by atoms with Gasteiger partial charge in [-0.05, 0) is 65.9 Å². The van der Waals surface area contributed by atoms with Crippen LogP contribution in [0.5, 0.6) is 5.75 Å². The molecule has 0 unspecified atom stereocenters. The molecule has 11 heteroatoms. The van der Waals surface area contributed by atoms with Crippen molar-refractivity contribution in [2.24, 2.45) is 4.99 Å². The van der Waals surface area contributed by atoms with Crippen molar-refractivity contribution in [2.45, 2.75) is 0 Å². The Hall–Kier alpha value is -3.04. The predicted octanol–water partition coefficient (Wildman–Crippen LogP) is 6.70. The number of hydrogen-bond donors (Lipinski definition) is 2. The van der Waals surface area contributed by atoms with E-state index in [0.717, 1.165) is 11.8 Å². The summed E-state index contributed by atoms with van der Waals surface area (Å²) in [5.74, 6) is -1.13. The van der Waals surface area contributed by atoms with Crippen LogP contribution in [0.4, 0.5) is 15.8 Å². The molecule has 0 aliphatic carbocycles. The van der Waals surface area contributed by atoms with Crippen LogP contribution in [0, 0.1) is 5.82 Å². The molecule has 1 heterocycles. The second-order valence-electron chi connectivity index (χ2n) is 7.09. The van der Waals surface area contributed by atoms with Crippen molar-refractivity contribution in [3.63, 3.8) is 0 Å². The lowest BCUT2D eigenvalue weighted by molar-refractivity contribution is -0.118.